The van der Waals surface area contributed by atoms with E-state index >= 15 is 0 Å². The topological polar surface area (TPSA) is 13.1 Å². The van der Waals surface area contributed by atoms with Gasteiger partial charge in [-0.25, -0.2) is 0 Å². The molecule has 35 heavy (non-hydrogen) atoms. The van der Waals surface area contributed by atoms with E-state index in [1.54, 1.807) is 10.8 Å². The Hall–Kier alpha value is -1.25. The predicted octanol–water partition coefficient (Wildman–Crippen LogP) is 2.83. The second-order valence-electron chi connectivity index (χ2n) is 10.1. The van der Waals surface area contributed by atoms with Crippen molar-refractivity contribution in [2.45, 2.75) is 58.7 Å². The molecular formula is C30H33Cl2OSiZr. The number of furan rings is 1. The summed E-state index contributed by atoms with van der Waals surface area (Å²) in [6, 6.07) is 22.4. The summed E-state index contributed by atoms with van der Waals surface area (Å²) in [7, 11) is -1.08. The van der Waals surface area contributed by atoms with E-state index in [2.05, 4.69) is 94.5 Å². The third kappa shape index (κ3) is 5.26. The molecule has 5 heteroatoms. The largest absolute Gasteiger partial charge is 3.00 e. The monoisotopic (exact) mass is 597 g/mol. The fraction of sp³-hybridized carbons (Fsp3) is 0.300. The molecule has 0 saturated carbocycles. The maximum atomic E-state index is 5.51. The zero-order valence-electron chi connectivity index (χ0n) is 21.2. The number of unbranched alkanes of at least 4 members (excludes halogenated alkanes) is 1. The standard InChI is InChI=1S/C20H21.C10H12OSi.2ClH.Zr/c1-3-4-6-16-9-11-17(12-10-16)19-8-5-7-18-13-15(2)14-20(18)19;1-6-9-7-4-5-11-8(7)10(6)12(9,2)3;;;/h5,7-14H,3-4,6H2,1-2H3;4-5,9H,1-3H3;2*1H;/q-1;;;;+3/p-2. The summed E-state index contributed by atoms with van der Waals surface area (Å²) >= 11 is 0. The van der Waals surface area contributed by atoms with Gasteiger partial charge in [-0.3, -0.25) is 0 Å². The van der Waals surface area contributed by atoms with E-state index in [0.29, 0.717) is 0 Å². The normalized spacial score (nSPS) is 16.2. The number of rotatable bonds is 4. The van der Waals surface area contributed by atoms with E-state index in [0.717, 1.165) is 5.54 Å². The van der Waals surface area contributed by atoms with E-state index in [-0.39, 0.29) is 51.0 Å². The van der Waals surface area contributed by atoms with Crippen LogP contribution in [0, 0.1) is 6.92 Å². The molecule has 0 amide bonds. The van der Waals surface area contributed by atoms with E-state index in [1.807, 2.05) is 6.26 Å². The number of hydrogen-bond acceptors (Lipinski definition) is 1. The molecule has 0 N–H and O–H groups in total. The van der Waals surface area contributed by atoms with Crippen LogP contribution in [0.25, 0.3) is 27.1 Å². The fourth-order valence-corrected chi connectivity index (χ4v) is 10.2. The first-order valence-electron chi connectivity index (χ1n) is 12.0. The van der Waals surface area contributed by atoms with Crippen molar-refractivity contribution in [2.75, 3.05) is 0 Å². The predicted molar refractivity (Wildman–Crippen MR) is 140 cm³/mol. The van der Waals surface area contributed by atoms with Gasteiger partial charge in [-0.2, -0.15) is 6.07 Å². The molecule has 1 atom stereocenters. The van der Waals surface area contributed by atoms with Crippen LogP contribution in [0.15, 0.2) is 76.9 Å². The number of halogens is 2. The smallest absolute Gasteiger partial charge is 1.00 e. The maximum absolute atomic E-state index is 5.51. The minimum Gasteiger partial charge on any atom is -1.00 e. The van der Waals surface area contributed by atoms with E-state index in [4.69, 9.17) is 4.42 Å². The van der Waals surface area contributed by atoms with Crippen molar-refractivity contribution in [2.24, 2.45) is 0 Å². The van der Waals surface area contributed by atoms with E-state index in [1.165, 1.54) is 63.6 Å². The number of hydrogen-bond donors (Lipinski definition) is 0. The van der Waals surface area contributed by atoms with Crippen molar-refractivity contribution in [3.8, 4) is 11.1 Å². The Balaban J connectivity index is 0.000000249. The number of allylic oxidation sites excluding steroid dienone is 1. The van der Waals surface area contributed by atoms with Crippen molar-refractivity contribution in [1.29, 1.82) is 0 Å². The third-order valence-corrected chi connectivity index (χ3v) is 11.5. The van der Waals surface area contributed by atoms with Gasteiger partial charge in [0.25, 0.3) is 0 Å². The zero-order valence-corrected chi connectivity index (χ0v) is 26.2. The quantitative estimate of drug-likeness (QED) is 0.260. The van der Waals surface area contributed by atoms with Crippen molar-refractivity contribution in [3.05, 3.63) is 95.0 Å². The SMILES string of the molecule is CC1=C2c3occc3C1[Si]2(C)C.CCCCc1ccc(-c2cccc3[cH-]c(C)cc23)cc1.[Cl-].[Cl-].[Zr+3]. The van der Waals surface area contributed by atoms with Gasteiger partial charge in [0.2, 0.25) is 0 Å². The van der Waals surface area contributed by atoms with Crippen LogP contribution in [0.4, 0.5) is 0 Å². The van der Waals surface area contributed by atoms with Gasteiger partial charge >= 0.3 is 26.2 Å². The van der Waals surface area contributed by atoms with Crippen molar-refractivity contribution >= 4 is 24.0 Å². The Labute approximate surface area is 242 Å². The molecule has 1 unspecified atom stereocenters. The molecular weight excluding hydrogens is 567 g/mol. The first kappa shape index (κ1) is 30.0. The van der Waals surface area contributed by atoms with Gasteiger partial charge in [0.1, 0.15) is 5.76 Å². The summed E-state index contributed by atoms with van der Waals surface area (Å²) in [4.78, 5) is 0. The van der Waals surface area contributed by atoms with Crippen molar-refractivity contribution < 1.29 is 55.4 Å². The van der Waals surface area contributed by atoms with Gasteiger partial charge in [-0.05, 0) is 42.2 Å². The van der Waals surface area contributed by atoms with Gasteiger partial charge < -0.3 is 29.2 Å². The first-order chi connectivity index (χ1) is 15.4. The number of fused-ring (bicyclic) bond motifs is 1. The zero-order chi connectivity index (χ0) is 22.5. The van der Waals surface area contributed by atoms with Crippen molar-refractivity contribution in [3.63, 3.8) is 0 Å². The van der Waals surface area contributed by atoms with E-state index in [9.17, 15) is 0 Å². The van der Waals surface area contributed by atoms with Crippen LogP contribution < -0.4 is 24.8 Å². The van der Waals surface area contributed by atoms with Crippen molar-refractivity contribution in [1.82, 2.24) is 0 Å². The Morgan fingerprint density at radius 2 is 1.69 bits per heavy atom. The van der Waals surface area contributed by atoms with Crippen LogP contribution in [0.5, 0.6) is 0 Å². The van der Waals surface area contributed by atoms with Gasteiger partial charge in [-0.1, -0.05) is 74.8 Å². The summed E-state index contributed by atoms with van der Waals surface area (Å²) in [6.07, 6.45) is 5.55. The Morgan fingerprint density at radius 3 is 2.31 bits per heavy atom. The molecule has 1 nitrogen and oxygen atoms in total. The maximum Gasteiger partial charge on any atom is 3.00 e. The molecule has 3 heterocycles. The molecule has 181 valence electrons. The molecule has 7 rings (SSSR count). The van der Waals surface area contributed by atoms with Crippen LogP contribution in [0.3, 0.4) is 0 Å². The molecule has 0 spiro atoms. The Kier molecular flexibility index (Phi) is 10.2. The molecule has 1 aliphatic carbocycles. The molecule has 1 radical (unpaired) electrons. The van der Waals surface area contributed by atoms with Gasteiger partial charge in [-0.15, -0.1) is 34.5 Å². The number of aryl methyl sites for hydroxylation is 2. The summed E-state index contributed by atoms with van der Waals surface area (Å²) < 4.78 is 5.51. The number of benzene rings is 2. The molecule has 4 aromatic rings. The molecule has 2 bridgehead atoms. The molecule has 2 aliphatic heterocycles. The summed E-state index contributed by atoms with van der Waals surface area (Å²) in [5, 5.41) is 4.30. The van der Waals surface area contributed by atoms with Gasteiger partial charge in [0.05, 0.1) is 14.3 Å². The second-order valence-corrected chi connectivity index (χ2v) is 14.6. The fourth-order valence-electron chi connectivity index (χ4n) is 5.97. The molecule has 3 aliphatic rings. The first-order valence-corrected chi connectivity index (χ1v) is 15.0. The van der Waals surface area contributed by atoms with Crippen LogP contribution in [-0.4, -0.2) is 8.07 Å². The third-order valence-electron chi connectivity index (χ3n) is 7.41. The minimum atomic E-state index is -1.08. The summed E-state index contributed by atoms with van der Waals surface area (Å²) in [5.74, 6) is 1.22. The minimum absolute atomic E-state index is 0. The average molecular weight is 600 g/mol. The summed E-state index contributed by atoms with van der Waals surface area (Å²) in [6.45, 7) is 11.5. The van der Waals surface area contributed by atoms with Crippen LogP contribution in [0.2, 0.25) is 13.1 Å². The summed E-state index contributed by atoms with van der Waals surface area (Å²) in [5.41, 5.74) is 9.29. The average Bonchev–Trinajstić information content (AvgIpc) is 3.49. The second kappa shape index (κ2) is 11.9. The molecule has 3 aromatic carbocycles. The molecule has 1 aromatic heterocycles. The van der Waals surface area contributed by atoms with Crippen LogP contribution >= 0.6 is 0 Å². The Morgan fingerprint density at radius 1 is 0.971 bits per heavy atom. The van der Waals surface area contributed by atoms with Crippen LogP contribution in [0.1, 0.15) is 54.7 Å². The van der Waals surface area contributed by atoms with Gasteiger partial charge in [0, 0.05) is 11.1 Å². The van der Waals surface area contributed by atoms with E-state index < -0.39 is 8.07 Å². The molecule has 0 saturated heterocycles. The molecule has 0 fully saturated rings. The van der Waals surface area contributed by atoms with Crippen LogP contribution in [-0.2, 0) is 32.6 Å². The Bertz CT molecular complexity index is 1310. The van der Waals surface area contributed by atoms with Gasteiger partial charge in [0.15, 0.2) is 0 Å².